The molecule has 0 heterocycles. The van der Waals surface area contributed by atoms with Crippen molar-refractivity contribution in [2.45, 2.75) is 443 Å². The molecule has 0 rings (SSSR count). The molecular weight excluding hydrogens is 971 g/mol. The monoisotopic (exact) mass is 1120 g/mol. The second kappa shape index (κ2) is 69.4. The summed E-state index contributed by atoms with van der Waals surface area (Å²) in [6.07, 6.45) is 84.4. The van der Waals surface area contributed by atoms with Crippen molar-refractivity contribution in [3.05, 3.63) is 0 Å². The molecule has 3 N–H and O–H groups in total. The number of unbranched alkanes of at least 4 members (excludes halogenated alkanes) is 59. The number of rotatable bonds is 70. The fourth-order valence-corrected chi connectivity index (χ4v) is 12.1. The van der Waals surface area contributed by atoms with Crippen LogP contribution >= 0.6 is 0 Å². The number of hydrogen-bond acceptors (Lipinski definition) is 5. The zero-order valence-corrected chi connectivity index (χ0v) is 54.2. The fraction of sp³-hybridized carbons (Fsp3) is 0.973. The van der Waals surface area contributed by atoms with E-state index in [-0.39, 0.29) is 18.5 Å². The van der Waals surface area contributed by atoms with E-state index in [1.165, 1.54) is 360 Å². The van der Waals surface area contributed by atoms with E-state index in [0.29, 0.717) is 25.9 Å². The van der Waals surface area contributed by atoms with Gasteiger partial charge in [-0.25, -0.2) is 0 Å². The first-order valence-corrected chi connectivity index (χ1v) is 36.8. The highest BCUT2D eigenvalue weighted by molar-refractivity contribution is 5.76. The molecule has 0 aromatic heterocycles. The van der Waals surface area contributed by atoms with E-state index in [2.05, 4.69) is 19.2 Å². The summed E-state index contributed by atoms with van der Waals surface area (Å²) in [5.41, 5.74) is 0. The summed E-state index contributed by atoms with van der Waals surface area (Å²) in [5, 5.41) is 23.4. The number of aliphatic hydroxyl groups excluding tert-OH is 2. The molecule has 0 aliphatic heterocycles. The largest absolute Gasteiger partial charge is 0.466 e. The van der Waals surface area contributed by atoms with Gasteiger partial charge in [0.25, 0.3) is 0 Å². The second-order valence-corrected chi connectivity index (χ2v) is 25.6. The van der Waals surface area contributed by atoms with E-state index >= 15 is 0 Å². The first-order chi connectivity index (χ1) is 39.0. The Morgan fingerprint density at radius 1 is 0.304 bits per heavy atom. The molecule has 0 radical (unpaired) electrons. The van der Waals surface area contributed by atoms with Gasteiger partial charge in [-0.05, 0) is 25.7 Å². The molecule has 0 bridgehead atoms. The van der Waals surface area contributed by atoms with Crippen LogP contribution in [0.2, 0.25) is 0 Å². The van der Waals surface area contributed by atoms with Crippen LogP contribution in [0, 0.1) is 0 Å². The first-order valence-electron chi connectivity index (χ1n) is 36.8. The standard InChI is InChI=1S/C73H145NO5/c1-3-5-7-9-11-13-15-17-19-21-22-30-34-37-41-45-49-53-57-61-65-71(76)70(69-75)74-72(77)66-62-58-54-50-46-42-38-35-31-28-26-24-23-25-27-29-32-36-40-44-48-52-56-60-64-68-79-73(78)67-63-59-55-51-47-43-39-33-20-18-16-14-12-10-8-6-4-2/h70-71,75-76H,3-69H2,1-2H3,(H,74,77). The Labute approximate surface area is 496 Å². The van der Waals surface area contributed by atoms with Gasteiger partial charge in [-0.2, -0.15) is 0 Å². The first kappa shape index (κ1) is 77.9. The molecule has 0 spiro atoms. The lowest BCUT2D eigenvalue weighted by molar-refractivity contribution is -0.143. The predicted molar refractivity (Wildman–Crippen MR) is 347 cm³/mol. The van der Waals surface area contributed by atoms with Crippen LogP contribution in [0.3, 0.4) is 0 Å². The highest BCUT2D eigenvalue weighted by atomic mass is 16.5. The minimum atomic E-state index is -0.663. The third-order valence-electron chi connectivity index (χ3n) is 17.7. The van der Waals surface area contributed by atoms with Gasteiger partial charge in [0.1, 0.15) is 0 Å². The molecule has 2 atom stereocenters. The lowest BCUT2D eigenvalue weighted by atomic mass is 10.0. The summed E-state index contributed by atoms with van der Waals surface area (Å²) in [5.74, 6) is -0.00576. The zero-order valence-electron chi connectivity index (χ0n) is 54.2. The molecule has 0 fully saturated rings. The van der Waals surface area contributed by atoms with Crippen molar-refractivity contribution in [2.24, 2.45) is 0 Å². The van der Waals surface area contributed by atoms with Gasteiger partial charge in [0.15, 0.2) is 0 Å². The van der Waals surface area contributed by atoms with Crippen molar-refractivity contribution in [1.82, 2.24) is 5.32 Å². The van der Waals surface area contributed by atoms with Gasteiger partial charge in [-0.15, -0.1) is 0 Å². The van der Waals surface area contributed by atoms with E-state index in [0.717, 1.165) is 38.5 Å². The van der Waals surface area contributed by atoms with Gasteiger partial charge in [0, 0.05) is 12.8 Å². The average Bonchev–Trinajstić information content (AvgIpc) is 3.45. The summed E-state index contributed by atoms with van der Waals surface area (Å²) in [6, 6.07) is -0.540. The quantitative estimate of drug-likeness (QED) is 0.0417. The minimum Gasteiger partial charge on any atom is -0.466 e. The van der Waals surface area contributed by atoms with Gasteiger partial charge in [0.2, 0.25) is 5.91 Å². The van der Waals surface area contributed by atoms with Gasteiger partial charge in [-0.1, -0.05) is 393 Å². The smallest absolute Gasteiger partial charge is 0.305 e. The number of aliphatic hydroxyl groups is 2. The summed E-state index contributed by atoms with van der Waals surface area (Å²) in [7, 11) is 0. The third-order valence-corrected chi connectivity index (χ3v) is 17.7. The number of hydrogen-bond donors (Lipinski definition) is 3. The number of carbonyl (C=O) groups excluding carboxylic acids is 2. The molecule has 0 aliphatic rings. The van der Waals surface area contributed by atoms with Gasteiger partial charge < -0.3 is 20.3 Å². The molecule has 2 unspecified atom stereocenters. The number of carbonyl (C=O) groups is 2. The summed E-state index contributed by atoms with van der Waals surface area (Å²) in [4.78, 5) is 24.7. The van der Waals surface area contributed by atoms with E-state index in [9.17, 15) is 19.8 Å². The predicted octanol–water partition coefficient (Wildman–Crippen LogP) is 23.8. The van der Waals surface area contributed by atoms with E-state index < -0.39 is 12.1 Å². The summed E-state index contributed by atoms with van der Waals surface area (Å²) >= 11 is 0. The van der Waals surface area contributed by atoms with Crippen molar-refractivity contribution >= 4 is 11.9 Å². The van der Waals surface area contributed by atoms with Crippen LogP contribution in [-0.2, 0) is 14.3 Å². The molecule has 472 valence electrons. The molecule has 6 nitrogen and oxygen atoms in total. The molecule has 0 aliphatic carbocycles. The maximum Gasteiger partial charge on any atom is 0.305 e. The Morgan fingerprint density at radius 3 is 0.772 bits per heavy atom. The van der Waals surface area contributed by atoms with Crippen molar-refractivity contribution < 1.29 is 24.5 Å². The van der Waals surface area contributed by atoms with Crippen molar-refractivity contribution in [3.8, 4) is 0 Å². The van der Waals surface area contributed by atoms with E-state index in [4.69, 9.17) is 4.74 Å². The molecule has 0 aromatic rings. The summed E-state index contributed by atoms with van der Waals surface area (Å²) in [6.45, 7) is 5.01. The second-order valence-electron chi connectivity index (χ2n) is 25.6. The normalized spacial score (nSPS) is 12.4. The molecule has 1 amide bonds. The van der Waals surface area contributed by atoms with Crippen LogP contribution in [0.5, 0.6) is 0 Å². The Kier molecular flexibility index (Phi) is 68.4. The highest BCUT2D eigenvalue weighted by Crippen LogP contribution is 2.20. The Morgan fingerprint density at radius 2 is 0.519 bits per heavy atom. The SMILES string of the molecule is CCCCCCCCCCCCCCCCCCCCCCC(O)C(CO)NC(=O)CCCCCCCCCCCCCCCCCCCCCCCCCCCOC(=O)CCCCCCCCCCCCCCCCCCC. The van der Waals surface area contributed by atoms with Crippen molar-refractivity contribution in [3.63, 3.8) is 0 Å². The van der Waals surface area contributed by atoms with Crippen LogP contribution in [0.25, 0.3) is 0 Å². The van der Waals surface area contributed by atoms with Crippen molar-refractivity contribution in [1.29, 1.82) is 0 Å². The molecule has 79 heavy (non-hydrogen) atoms. The number of nitrogens with one attached hydrogen (secondary N) is 1. The Bertz CT molecular complexity index is 1150. The topological polar surface area (TPSA) is 95.9 Å². The number of esters is 1. The number of ether oxygens (including phenoxy) is 1. The minimum absolute atomic E-state index is 0.0220. The van der Waals surface area contributed by atoms with Crippen LogP contribution in [0.15, 0.2) is 0 Å². The molecular formula is C73H145NO5. The van der Waals surface area contributed by atoms with E-state index in [1.54, 1.807) is 0 Å². The molecule has 0 saturated carbocycles. The van der Waals surface area contributed by atoms with Crippen LogP contribution in [0.4, 0.5) is 0 Å². The highest BCUT2D eigenvalue weighted by Gasteiger charge is 2.20. The maximum absolute atomic E-state index is 12.5. The lowest BCUT2D eigenvalue weighted by Crippen LogP contribution is -2.45. The van der Waals surface area contributed by atoms with E-state index in [1.807, 2.05) is 0 Å². The van der Waals surface area contributed by atoms with Gasteiger partial charge in [-0.3, -0.25) is 9.59 Å². The van der Waals surface area contributed by atoms with Crippen molar-refractivity contribution in [2.75, 3.05) is 13.2 Å². The Balaban J connectivity index is 3.34. The summed E-state index contributed by atoms with van der Waals surface area (Å²) < 4.78 is 5.51. The lowest BCUT2D eigenvalue weighted by Gasteiger charge is -2.22. The third kappa shape index (κ3) is 65.9. The average molecular weight is 1120 g/mol. The maximum atomic E-state index is 12.5. The van der Waals surface area contributed by atoms with Crippen LogP contribution < -0.4 is 5.32 Å². The fourth-order valence-electron chi connectivity index (χ4n) is 12.1. The zero-order chi connectivity index (χ0) is 57.1. The number of amides is 1. The molecule has 0 saturated heterocycles. The Hall–Kier alpha value is -1.14. The van der Waals surface area contributed by atoms with Gasteiger partial charge in [0.05, 0.1) is 25.4 Å². The van der Waals surface area contributed by atoms with Crippen LogP contribution in [0.1, 0.15) is 431 Å². The molecule has 6 heteroatoms. The van der Waals surface area contributed by atoms with Crippen LogP contribution in [-0.4, -0.2) is 47.4 Å². The van der Waals surface area contributed by atoms with Gasteiger partial charge >= 0.3 is 5.97 Å². The molecule has 0 aromatic carbocycles.